The first-order valence-electron chi connectivity index (χ1n) is 13.3. The molecule has 0 radical (unpaired) electrons. The van der Waals surface area contributed by atoms with E-state index in [4.69, 9.17) is 34.4 Å². The molecule has 1 aliphatic heterocycles. The van der Waals surface area contributed by atoms with E-state index in [1.165, 1.54) is 33.3 Å². The van der Waals surface area contributed by atoms with Crippen LogP contribution in [0.15, 0.2) is 83.7 Å². The predicted molar refractivity (Wildman–Crippen MR) is 163 cm³/mol. The van der Waals surface area contributed by atoms with E-state index in [0.29, 0.717) is 28.0 Å². The van der Waals surface area contributed by atoms with Crippen molar-refractivity contribution in [3.63, 3.8) is 0 Å². The second kappa shape index (κ2) is 12.5. The van der Waals surface area contributed by atoms with Crippen LogP contribution in [0.1, 0.15) is 18.7 Å². The maximum absolute atomic E-state index is 12.5. The molecule has 0 fully saturated rings. The topological polar surface area (TPSA) is 57.9 Å². The van der Waals surface area contributed by atoms with E-state index in [0.717, 1.165) is 25.1 Å². The predicted octanol–water partition coefficient (Wildman–Crippen LogP) is 5.87. The Bertz CT molecular complexity index is 1710. The zero-order valence-corrected chi connectivity index (χ0v) is 24.4. The third-order valence-corrected chi connectivity index (χ3v) is 7.67. The number of hydrogen-bond donors (Lipinski definition) is 0. The van der Waals surface area contributed by atoms with Crippen molar-refractivity contribution < 1.29 is 9.42 Å². The number of ether oxygens (including phenoxy) is 1. The van der Waals surface area contributed by atoms with E-state index in [-0.39, 0.29) is 12.3 Å². The molecule has 7 nitrogen and oxygen atoms in total. The van der Waals surface area contributed by atoms with Gasteiger partial charge in [0, 0.05) is 36.2 Å². The Balaban J connectivity index is 0.000000166. The van der Waals surface area contributed by atoms with Gasteiger partial charge < -0.3 is 4.74 Å². The van der Waals surface area contributed by atoms with Crippen molar-refractivity contribution in [1.82, 2.24) is 19.0 Å². The number of aromatic nitrogens is 5. The van der Waals surface area contributed by atoms with Crippen molar-refractivity contribution in [3.05, 3.63) is 105 Å². The summed E-state index contributed by atoms with van der Waals surface area (Å²) in [4.78, 5) is 12.5. The molecule has 0 aliphatic carbocycles. The van der Waals surface area contributed by atoms with Crippen LogP contribution < -0.4 is 15.1 Å². The second-order valence-electron chi connectivity index (χ2n) is 9.64. The normalized spacial score (nSPS) is 12.2. The molecule has 0 bridgehead atoms. The standard InChI is InChI=1S/C17H17N2.C15H13Cl2N3O2/c1-18-16(14-9-5-3-6-10-14)13-17(19(18)2)15-11-7-4-8-12-15;1-2-7-22-13-9-12(10(16)8-11(13)17)20-15(21)19-6-4-3-5-14(19)18-20/h3-13H,1-2H3;1,8-9H,3-7H2/q+1;. The molecule has 3 heterocycles. The van der Waals surface area contributed by atoms with Crippen molar-refractivity contribution in [2.75, 3.05) is 6.61 Å². The number of nitrogens with zero attached hydrogens (tertiary/aromatic N) is 5. The van der Waals surface area contributed by atoms with Gasteiger partial charge in [0.25, 0.3) is 0 Å². The Morgan fingerprint density at radius 3 is 2.32 bits per heavy atom. The molecule has 2 aromatic heterocycles. The van der Waals surface area contributed by atoms with Gasteiger partial charge in [0.2, 0.25) is 5.69 Å². The molecule has 0 atom stereocenters. The van der Waals surface area contributed by atoms with Gasteiger partial charge in [0.05, 0.1) is 22.8 Å². The summed E-state index contributed by atoms with van der Waals surface area (Å²) in [7, 11) is 4.18. The Labute approximate surface area is 249 Å². The fraction of sp³-hybridized carbons (Fsp3) is 0.219. The maximum atomic E-state index is 12.5. The fourth-order valence-corrected chi connectivity index (χ4v) is 5.38. The zero-order valence-electron chi connectivity index (χ0n) is 22.9. The summed E-state index contributed by atoms with van der Waals surface area (Å²) < 4.78 is 12.7. The van der Waals surface area contributed by atoms with Crippen molar-refractivity contribution in [2.45, 2.75) is 25.8 Å². The number of fused-ring (bicyclic) bond motifs is 1. The summed E-state index contributed by atoms with van der Waals surface area (Å²) in [6, 6.07) is 26.3. The molecule has 0 unspecified atom stereocenters. The highest BCUT2D eigenvalue weighted by molar-refractivity contribution is 6.36. The first kappa shape index (κ1) is 28.3. The van der Waals surface area contributed by atoms with Crippen molar-refractivity contribution in [2.24, 2.45) is 14.1 Å². The lowest BCUT2D eigenvalue weighted by atomic mass is 10.1. The molecular weight excluding hydrogens is 557 g/mol. The van der Waals surface area contributed by atoms with Crippen LogP contribution >= 0.6 is 23.2 Å². The van der Waals surface area contributed by atoms with E-state index < -0.39 is 0 Å². The molecule has 208 valence electrons. The van der Waals surface area contributed by atoms with Crippen LogP contribution in [-0.2, 0) is 27.1 Å². The third kappa shape index (κ3) is 5.95. The summed E-state index contributed by atoms with van der Waals surface area (Å²) >= 11 is 12.3. The van der Waals surface area contributed by atoms with Crippen LogP contribution in [0.2, 0.25) is 10.0 Å². The monoisotopic (exact) mass is 586 g/mol. The quantitative estimate of drug-likeness (QED) is 0.191. The minimum atomic E-state index is -0.207. The van der Waals surface area contributed by atoms with Gasteiger partial charge in [-0.2, -0.15) is 9.36 Å². The Kier molecular flexibility index (Phi) is 8.63. The molecule has 0 amide bonds. The summed E-state index contributed by atoms with van der Waals surface area (Å²) in [5.41, 5.74) is 5.15. The molecule has 0 saturated heterocycles. The Morgan fingerprint density at radius 1 is 0.976 bits per heavy atom. The summed E-state index contributed by atoms with van der Waals surface area (Å²) in [5.74, 6) is 3.51. The number of hydrogen-bond acceptors (Lipinski definition) is 3. The average Bonchev–Trinajstić information content (AvgIpc) is 3.49. The van der Waals surface area contributed by atoms with Gasteiger partial charge >= 0.3 is 5.69 Å². The van der Waals surface area contributed by atoms with Gasteiger partial charge in [-0.25, -0.2) is 4.79 Å². The van der Waals surface area contributed by atoms with Crippen molar-refractivity contribution in [3.8, 4) is 46.3 Å². The summed E-state index contributed by atoms with van der Waals surface area (Å²) in [6.07, 6.45) is 7.97. The van der Waals surface area contributed by atoms with Crippen LogP contribution in [0.3, 0.4) is 0 Å². The lowest BCUT2D eigenvalue weighted by Gasteiger charge is -2.09. The number of terminal acetylenes is 1. The molecular formula is C32H30Cl2N5O2+. The summed E-state index contributed by atoms with van der Waals surface area (Å²) in [6.45, 7) is 0.759. The van der Waals surface area contributed by atoms with Crippen LogP contribution in [0.4, 0.5) is 0 Å². The molecule has 0 N–H and O–H groups in total. The SMILES string of the molecule is C#CCOc1cc(-n2nc3n(c2=O)CCCC3)c(Cl)cc1Cl.Cn1c(-c2ccccc2)cc(-c2ccccc2)[n+]1C. The van der Waals surface area contributed by atoms with Crippen LogP contribution in [0, 0.1) is 12.3 Å². The number of rotatable bonds is 5. The lowest BCUT2D eigenvalue weighted by Crippen LogP contribution is -2.39. The molecule has 9 heteroatoms. The van der Waals surface area contributed by atoms with Crippen LogP contribution in [0.5, 0.6) is 5.75 Å². The molecule has 0 spiro atoms. The first-order valence-corrected chi connectivity index (χ1v) is 14.1. The summed E-state index contributed by atoms with van der Waals surface area (Å²) in [5, 5.41) is 5.04. The lowest BCUT2D eigenvalue weighted by molar-refractivity contribution is -0.740. The maximum Gasteiger partial charge on any atom is 0.350 e. The van der Waals surface area contributed by atoms with Gasteiger partial charge in [0.15, 0.2) is 7.05 Å². The van der Waals surface area contributed by atoms with Gasteiger partial charge in [-0.05, 0) is 31.0 Å². The third-order valence-electron chi connectivity index (χ3n) is 7.07. The van der Waals surface area contributed by atoms with Gasteiger partial charge in [-0.3, -0.25) is 4.57 Å². The first-order chi connectivity index (χ1) is 19.9. The van der Waals surface area contributed by atoms with E-state index >= 15 is 0 Å². The minimum absolute atomic E-state index is 0.0788. The largest absolute Gasteiger partial charge is 0.479 e. The molecule has 5 aromatic rings. The van der Waals surface area contributed by atoms with E-state index in [1.807, 2.05) is 12.1 Å². The van der Waals surface area contributed by atoms with Crippen LogP contribution in [0.25, 0.3) is 28.2 Å². The number of aryl methyl sites for hydroxylation is 1. The highest BCUT2D eigenvalue weighted by Gasteiger charge is 2.21. The minimum Gasteiger partial charge on any atom is -0.479 e. The number of benzene rings is 3. The fourth-order valence-electron chi connectivity index (χ4n) is 4.86. The second-order valence-corrected chi connectivity index (χ2v) is 10.5. The van der Waals surface area contributed by atoms with E-state index in [2.05, 4.69) is 89.1 Å². The molecule has 6 rings (SSSR count). The highest BCUT2D eigenvalue weighted by atomic mass is 35.5. The Morgan fingerprint density at radius 2 is 1.66 bits per heavy atom. The highest BCUT2D eigenvalue weighted by Crippen LogP contribution is 2.33. The molecule has 0 saturated carbocycles. The van der Waals surface area contributed by atoms with Crippen molar-refractivity contribution in [1.29, 1.82) is 0 Å². The van der Waals surface area contributed by atoms with Crippen LogP contribution in [-0.4, -0.2) is 25.6 Å². The van der Waals surface area contributed by atoms with E-state index in [1.54, 1.807) is 10.6 Å². The Hall–Kier alpha value is -4.25. The molecule has 41 heavy (non-hydrogen) atoms. The molecule has 1 aliphatic rings. The van der Waals surface area contributed by atoms with Gasteiger partial charge in [0.1, 0.15) is 23.9 Å². The number of halogens is 2. The van der Waals surface area contributed by atoms with E-state index in [9.17, 15) is 4.79 Å². The zero-order chi connectivity index (χ0) is 28.9. The van der Waals surface area contributed by atoms with Gasteiger partial charge in [-0.1, -0.05) is 77.7 Å². The average molecular weight is 588 g/mol. The van der Waals surface area contributed by atoms with Crippen molar-refractivity contribution >= 4 is 23.2 Å². The van der Waals surface area contributed by atoms with Gasteiger partial charge in [-0.15, -0.1) is 16.2 Å². The smallest absolute Gasteiger partial charge is 0.350 e. The molecule has 3 aromatic carbocycles.